The highest BCUT2D eigenvalue weighted by Crippen LogP contribution is 2.24. The lowest BCUT2D eigenvalue weighted by Gasteiger charge is -2.28. The van der Waals surface area contributed by atoms with E-state index in [0.717, 1.165) is 24.0 Å². The minimum Gasteiger partial charge on any atom is -0.285 e. The zero-order chi connectivity index (χ0) is 17.2. The first-order valence-corrected chi connectivity index (χ1v) is 9.78. The minimum atomic E-state index is 0.316. The monoisotopic (exact) mass is 330 g/mol. The van der Waals surface area contributed by atoms with Crippen LogP contribution in [0.25, 0.3) is 11.0 Å². The van der Waals surface area contributed by atoms with Gasteiger partial charge in [0.05, 0.1) is 5.52 Å². The van der Waals surface area contributed by atoms with Crippen LogP contribution >= 0.6 is 0 Å². The predicted octanol–water partition coefficient (Wildman–Crippen LogP) is 5.41. The highest BCUT2D eigenvalue weighted by atomic mass is 15.5. The van der Waals surface area contributed by atoms with Crippen molar-refractivity contribution in [3.8, 4) is 0 Å². The average molecular weight is 331 g/mol. The summed E-state index contributed by atoms with van der Waals surface area (Å²) in [5, 5.41) is 8.85. The SMILES string of the molecule is CCCCCCCC(N(C)CCCCC)n1nnc2ccccc21. The lowest BCUT2D eigenvalue weighted by atomic mass is 10.1. The minimum absolute atomic E-state index is 0.316. The van der Waals surface area contributed by atoms with Crippen molar-refractivity contribution in [1.29, 1.82) is 0 Å². The first-order chi connectivity index (χ1) is 11.8. The molecule has 1 heterocycles. The van der Waals surface area contributed by atoms with Crippen molar-refractivity contribution >= 4 is 11.0 Å². The maximum Gasteiger partial charge on any atom is 0.113 e. The number of hydrogen-bond donors (Lipinski definition) is 0. The van der Waals surface area contributed by atoms with Gasteiger partial charge >= 0.3 is 0 Å². The lowest BCUT2D eigenvalue weighted by Crippen LogP contribution is -2.31. The number of rotatable bonds is 12. The largest absolute Gasteiger partial charge is 0.285 e. The van der Waals surface area contributed by atoms with Crippen molar-refractivity contribution in [3.63, 3.8) is 0 Å². The van der Waals surface area contributed by atoms with Crippen molar-refractivity contribution in [3.05, 3.63) is 24.3 Å². The van der Waals surface area contributed by atoms with E-state index in [1.807, 2.05) is 12.1 Å². The Balaban J connectivity index is 2.06. The topological polar surface area (TPSA) is 34.0 Å². The van der Waals surface area contributed by atoms with Crippen molar-refractivity contribution in [1.82, 2.24) is 19.9 Å². The van der Waals surface area contributed by atoms with Crippen LogP contribution in [0.2, 0.25) is 0 Å². The molecule has 4 heteroatoms. The van der Waals surface area contributed by atoms with Crippen LogP contribution < -0.4 is 0 Å². The number of benzene rings is 1. The maximum atomic E-state index is 4.49. The van der Waals surface area contributed by atoms with Crippen molar-refractivity contribution < 1.29 is 0 Å². The number of para-hydroxylation sites is 1. The third kappa shape index (κ3) is 5.30. The summed E-state index contributed by atoms with van der Waals surface area (Å²) < 4.78 is 2.14. The molecule has 2 aromatic rings. The Morgan fingerprint density at radius 3 is 2.46 bits per heavy atom. The molecule has 1 aromatic heterocycles. The van der Waals surface area contributed by atoms with E-state index in [1.54, 1.807) is 0 Å². The smallest absolute Gasteiger partial charge is 0.113 e. The van der Waals surface area contributed by atoms with Crippen LogP contribution in [0, 0.1) is 0 Å². The molecule has 0 radical (unpaired) electrons. The Labute approximate surface area is 147 Å². The van der Waals surface area contributed by atoms with Gasteiger partial charge in [-0.15, -0.1) is 5.10 Å². The number of unbranched alkanes of at least 4 members (excludes halogenated alkanes) is 6. The molecule has 134 valence electrons. The average Bonchev–Trinajstić information content (AvgIpc) is 3.02. The lowest BCUT2D eigenvalue weighted by molar-refractivity contribution is 0.147. The zero-order valence-electron chi connectivity index (χ0n) is 15.7. The van der Waals surface area contributed by atoms with Gasteiger partial charge in [-0.25, -0.2) is 4.68 Å². The van der Waals surface area contributed by atoms with Gasteiger partial charge in [-0.2, -0.15) is 0 Å². The van der Waals surface area contributed by atoms with Gasteiger partial charge in [0.1, 0.15) is 11.7 Å². The van der Waals surface area contributed by atoms with Crippen LogP contribution in [0.1, 0.15) is 77.8 Å². The number of aromatic nitrogens is 3. The van der Waals surface area contributed by atoms with Crippen LogP contribution in [0.5, 0.6) is 0 Å². The number of hydrogen-bond acceptors (Lipinski definition) is 3. The molecule has 0 bridgehead atoms. The van der Waals surface area contributed by atoms with E-state index in [0.29, 0.717) is 6.17 Å². The normalized spacial score (nSPS) is 13.0. The fourth-order valence-electron chi connectivity index (χ4n) is 3.33. The molecular weight excluding hydrogens is 296 g/mol. The van der Waals surface area contributed by atoms with Crippen LogP contribution in [0.3, 0.4) is 0 Å². The van der Waals surface area contributed by atoms with E-state index in [4.69, 9.17) is 0 Å². The first kappa shape index (κ1) is 18.9. The van der Waals surface area contributed by atoms with Gasteiger partial charge in [-0.05, 0) is 45.0 Å². The first-order valence-electron chi connectivity index (χ1n) is 9.78. The molecule has 24 heavy (non-hydrogen) atoms. The Bertz CT molecular complexity index is 578. The van der Waals surface area contributed by atoms with E-state index >= 15 is 0 Å². The summed E-state index contributed by atoms with van der Waals surface area (Å²) in [5.74, 6) is 0. The molecule has 0 amide bonds. The van der Waals surface area contributed by atoms with Gasteiger partial charge in [-0.1, -0.05) is 69.7 Å². The fraction of sp³-hybridized carbons (Fsp3) is 0.700. The van der Waals surface area contributed by atoms with Gasteiger partial charge in [0.2, 0.25) is 0 Å². The summed E-state index contributed by atoms with van der Waals surface area (Å²) in [7, 11) is 2.24. The van der Waals surface area contributed by atoms with Crippen molar-refractivity contribution in [2.45, 2.75) is 77.8 Å². The highest BCUT2D eigenvalue weighted by Gasteiger charge is 2.19. The molecule has 4 nitrogen and oxygen atoms in total. The van der Waals surface area contributed by atoms with Gasteiger partial charge in [0.25, 0.3) is 0 Å². The third-order valence-electron chi connectivity index (χ3n) is 4.85. The molecule has 0 aliphatic rings. The molecule has 0 aliphatic carbocycles. The van der Waals surface area contributed by atoms with E-state index in [2.05, 4.69) is 52.9 Å². The summed E-state index contributed by atoms with van der Waals surface area (Å²) in [6, 6.07) is 8.30. The molecule has 0 saturated heterocycles. The molecule has 2 rings (SSSR count). The number of nitrogens with zero attached hydrogens (tertiary/aromatic N) is 4. The molecule has 0 aliphatic heterocycles. The van der Waals surface area contributed by atoms with Crippen molar-refractivity contribution in [2.24, 2.45) is 0 Å². The second-order valence-corrected chi connectivity index (χ2v) is 6.89. The summed E-state index contributed by atoms with van der Waals surface area (Å²) in [4.78, 5) is 2.47. The molecule has 1 atom stereocenters. The quantitative estimate of drug-likeness (QED) is 0.488. The molecule has 0 spiro atoms. The van der Waals surface area contributed by atoms with Crippen LogP contribution in [0.4, 0.5) is 0 Å². The van der Waals surface area contributed by atoms with E-state index < -0.39 is 0 Å². The van der Waals surface area contributed by atoms with Crippen LogP contribution in [-0.4, -0.2) is 33.5 Å². The predicted molar refractivity (Wildman–Crippen MR) is 102 cm³/mol. The van der Waals surface area contributed by atoms with Gasteiger partial charge < -0.3 is 0 Å². The molecular formula is C20H34N4. The standard InChI is InChI=1S/C20H34N4/c1-4-6-8-9-10-16-20(23(3)17-13-7-5-2)24-19-15-12-11-14-18(19)21-22-24/h11-12,14-15,20H,4-10,13,16-17H2,1-3H3. The molecule has 0 fully saturated rings. The van der Waals surface area contributed by atoms with Crippen molar-refractivity contribution in [2.75, 3.05) is 13.6 Å². The molecule has 0 saturated carbocycles. The van der Waals surface area contributed by atoms with E-state index in [1.165, 1.54) is 51.4 Å². The number of fused-ring (bicyclic) bond motifs is 1. The summed E-state index contributed by atoms with van der Waals surface area (Å²) in [5.41, 5.74) is 2.15. The van der Waals surface area contributed by atoms with Crippen LogP contribution in [-0.2, 0) is 0 Å². The Morgan fingerprint density at radius 2 is 1.67 bits per heavy atom. The third-order valence-corrected chi connectivity index (χ3v) is 4.85. The highest BCUT2D eigenvalue weighted by molar-refractivity contribution is 5.73. The second kappa shape index (κ2) is 10.4. The van der Waals surface area contributed by atoms with Crippen LogP contribution in [0.15, 0.2) is 24.3 Å². The van der Waals surface area contributed by atoms with Gasteiger partial charge in [0, 0.05) is 0 Å². The Kier molecular flexibility index (Phi) is 8.23. The summed E-state index contributed by atoms with van der Waals surface area (Å²) >= 11 is 0. The van der Waals surface area contributed by atoms with E-state index in [9.17, 15) is 0 Å². The van der Waals surface area contributed by atoms with Gasteiger partial charge in [-0.3, -0.25) is 4.90 Å². The van der Waals surface area contributed by atoms with Gasteiger partial charge in [0.15, 0.2) is 0 Å². The Hall–Kier alpha value is -1.42. The summed E-state index contributed by atoms with van der Waals surface area (Å²) in [6.07, 6.45) is 11.9. The van der Waals surface area contributed by atoms with E-state index in [-0.39, 0.29) is 0 Å². The summed E-state index contributed by atoms with van der Waals surface area (Å²) in [6.45, 7) is 5.66. The fourth-order valence-corrected chi connectivity index (χ4v) is 3.33. The molecule has 1 unspecified atom stereocenters. The zero-order valence-corrected chi connectivity index (χ0v) is 15.7. The Morgan fingerprint density at radius 1 is 0.958 bits per heavy atom. The maximum absolute atomic E-state index is 4.49. The molecule has 1 aromatic carbocycles. The molecule has 0 N–H and O–H groups in total. The second-order valence-electron chi connectivity index (χ2n) is 6.89.